The monoisotopic (exact) mass is 462 g/mol. The number of anilines is 1. The Kier molecular flexibility index (Phi) is 6.66. The zero-order chi connectivity index (χ0) is 24.3. The SMILES string of the molecule is COc1cc(NC(=O)c2cc(C(C)=O)c(C(F)(F)F)cc2Oc2ccc(F)cc2C)ccn1. The van der Waals surface area contributed by atoms with Crippen LogP contribution in [0.1, 0.15) is 38.8 Å². The first-order valence-electron chi connectivity index (χ1n) is 9.51. The Labute approximate surface area is 186 Å². The molecule has 0 unspecified atom stereocenters. The molecule has 2 aromatic carbocycles. The molecule has 0 fully saturated rings. The zero-order valence-corrected chi connectivity index (χ0v) is 17.7. The molecule has 1 heterocycles. The fourth-order valence-electron chi connectivity index (χ4n) is 3.01. The van der Waals surface area contributed by atoms with E-state index < -0.39 is 40.6 Å². The summed E-state index contributed by atoms with van der Waals surface area (Å²) in [6.45, 7) is 2.46. The normalized spacial score (nSPS) is 11.1. The van der Waals surface area contributed by atoms with Gasteiger partial charge >= 0.3 is 6.18 Å². The van der Waals surface area contributed by atoms with Crippen LogP contribution in [0.25, 0.3) is 0 Å². The van der Waals surface area contributed by atoms with E-state index >= 15 is 0 Å². The topological polar surface area (TPSA) is 77.5 Å². The molecule has 3 rings (SSSR count). The van der Waals surface area contributed by atoms with Gasteiger partial charge in [-0.25, -0.2) is 9.37 Å². The number of nitrogens with zero attached hydrogens (tertiary/aromatic N) is 1. The Morgan fingerprint density at radius 2 is 1.73 bits per heavy atom. The number of pyridine rings is 1. The number of ether oxygens (including phenoxy) is 2. The fraction of sp³-hybridized carbons (Fsp3) is 0.174. The summed E-state index contributed by atoms with van der Waals surface area (Å²) in [4.78, 5) is 28.9. The van der Waals surface area contributed by atoms with E-state index in [-0.39, 0.29) is 22.9 Å². The molecule has 0 aliphatic rings. The summed E-state index contributed by atoms with van der Waals surface area (Å²) in [7, 11) is 1.37. The maximum absolute atomic E-state index is 13.6. The molecule has 1 aromatic heterocycles. The number of methoxy groups -OCH3 is 1. The Bertz CT molecular complexity index is 1230. The molecule has 6 nitrogen and oxygen atoms in total. The van der Waals surface area contributed by atoms with Crippen LogP contribution in [-0.2, 0) is 6.18 Å². The van der Waals surface area contributed by atoms with Crippen molar-refractivity contribution in [1.82, 2.24) is 4.98 Å². The largest absolute Gasteiger partial charge is 0.481 e. The van der Waals surface area contributed by atoms with E-state index in [2.05, 4.69) is 10.3 Å². The van der Waals surface area contributed by atoms with Gasteiger partial charge in [-0.2, -0.15) is 13.2 Å². The van der Waals surface area contributed by atoms with E-state index in [4.69, 9.17) is 9.47 Å². The number of amides is 1. The predicted molar refractivity (Wildman–Crippen MR) is 111 cm³/mol. The Hall–Kier alpha value is -3.95. The van der Waals surface area contributed by atoms with Crippen molar-refractivity contribution >= 4 is 17.4 Å². The van der Waals surface area contributed by atoms with Crippen LogP contribution in [0.15, 0.2) is 48.7 Å². The van der Waals surface area contributed by atoms with E-state index in [0.717, 1.165) is 25.1 Å². The van der Waals surface area contributed by atoms with Crippen molar-refractivity contribution in [1.29, 1.82) is 0 Å². The van der Waals surface area contributed by atoms with Gasteiger partial charge in [0.25, 0.3) is 5.91 Å². The fourth-order valence-corrected chi connectivity index (χ4v) is 3.01. The molecule has 0 radical (unpaired) electrons. The molecule has 1 amide bonds. The number of hydrogen-bond acceptors (Lipinski definition) is 5. The lowest BCUT2D eigenvalue weighted by atomic mass is 9.99. The second-order valence-electron chi connectivity index (χ2n) is 7.00. The molecule has 0 atom stereocenters. The molecule has 172 valence electrons. The quantitative estimate of drug-likeness (QED) is 0.370. The third-order valence-electron chi connectivity index (χ3n) is 4.61. The lowest BCUT2D eigenvalue weighted by Crippen LogP contribution is -2.18. The number of halogens is 4. The lowest BCUT2D eigenvalue weighted by Gasteiger charge is -2.18. The summed E-state index contributed by atoms with van der Waals surface area (Å²) in [5.41, 5.74) is -1.73. The van der Waals surface area contributed by atoms with Crippen molar-refractivity contribution in [2.24, 2.45) is 0 Å². The number of hydrogen-bond donors (Lipinski definition) is 1. The molecule has 0 aliphatic carbocycles. The number of benzene rings is 2. The van der Waals surface area contributed by atoms with E-state index in [9.17, 15) is 27.2 Å². The van der Waals surface area contributed by atoms with Crippen molar-refractivity contribution in [2.75, 3.05) is 12.4 Å². The van der Waals surface area contributed by atoms with Crippen LogP contribution < -0.4 is 14.8 Å². The molecule has 0 saturated heterocycles. The molecule has 3 aromatic rings. The zero-order valence-electron chi connectivity index (χ0n) is 17.7. The van der Waals surface area contributed by atoms with Crippen LogP contribution in [0, 0.1) is 12.7 Å². The smallest absolute Gasteiger partial charge is 0.417 e. The van der Waals surface area contributed by atoms with Gasteiger partial charge in [-0.1, -0.05) is 0 Å². The molecule has 1 N–H and O–H groups in total. The number of alkyl halides is 3. The first-order valence-corrected chi connectivity index (χ1v) is 9.51. The number of Topliss-reactive ketones (excluding diaryl/α,β-unsaturated/α-hetero) is 1. The summed E-state index contributed by atoms with van der Waals surface area (Å²) in [5, 5.41) is 2.52. The summed E-state index contributed by atoms with van der Waals surface area (Å²) >= 11 is 0. The summed E-state index contributed by atoms with van der Waals surface area (Å²) < 4.78 is 64.9. The van der Waals surface area contributed by atoms with Crippen LogP contribution in [0.4, 0.5) is 23.2 Å². The highest BCUT2D eigenvalue weighted by Crippen LogP contribution is 2.39. The van der Waals surface area contributed by atoms with Gasteiger partial charge in [0.05, 0.1) is 18.2 Å². The predicted octanol–water partition coefficient (Wildman–Crippen LogP) is 5.80. The highest BCUT2D eigenvalue weighted by molar-refractivity contribution is 6.08. The average Bonchev–Trinajstić information content (AvgIpc) is 2.74. The molecule has 0 aliphatic heterocycles. The Balaban J connectivity index is 2.13. The Morgan fingerprint density at radius 3 is 2.33 bits per heavy atom. The summed E-state index contributed by atoms with van der Waals surface area (Å²) in [6, 6.07) is 7.69. The maximum Gasteiger partial charge on any atom is 0.417 e. The minimum absolute atomic E-state index is 0.0414. The molecular formula is C23H18F4N2O4. The van der Waals surface area contributed by atoms with Crippen LogP contribution in [-0.4, -0.2) is 23.8 Å². The van der Waals surface area contributed by atoms with Gasteiger partial charge in [0, 0.05) is 23.5 Å². The van der Waals surface area contributed by atoms with Crippen LogP contribution >= 0.6 is 0 Å². The van der Waals surface area contributed by atoms with Gasteiger partial charge in [-0.05, 0) is 55.8 Å². The minimum atomic E-state index is -4.88. The number of carbonyl (C=O) groups excluding carboxylic acids is 2. The van der Waals surface area contributed by atoms with E-state index in [0.29, 0.717) is 11.6 Å². The standard InChI is InChI=1S/C23H18F4N2O4/c1-12-8-14(24)4-5-19(12)33-20-11-18(23(25,26)27)16(13(2)30)10-17(20)22(31)29-15-6-7-28-21(9-15)32-3/h4-11H,1-3H3,(H,28,29,31). The van der Waals surface area contributed by atoms with Gasteiger partial charge in [-0.15, -0.1) is 0 Å². The number of ketones is 1. The molecular weight excluding hydrogens is 444 g/mol. The van der Waals surface area contributed by atoms with Crippen molar-refractivity contribution in [2.45, 2.75) is 20.0 Å². The lowest BCUT2D eigenvalue weighted by molar-refractivity contribution is -0.138. The van der Waals surface area contributed by atoms with Gasteiger partial charge in [0.15, 0.2) is 5.78 Å². The van der Waals surface area contributed by atoms with E-state index in [1.807, 2.05) is 0 Å². The van der Waals surface area contributed by atoms with Crippen molar-refractivity contribution in [3.8, 4) is 17.4 Å². The van der Waals surface area contributed by atoms with Crippen molar-refractivity contribution in [3.05, 3.63) is 76.7 Å². The van der Waals surface area contributed by atoms with Crippen molar-refractivity contribution < 1.29 is 36.6 Å². The molecule has 33 heavy (non-hydrogen) atoms. The maximum atomic E-state index is 13.6. The first kappa shape index (κ1) is 23.7. The second kappa shape index (κ2) is 9.27. The minimum Gasteiger partial charge on any atom is -0.481 e. The number of nitrogens with one attached hydrogen (secondary N) is 1. The molecule has 0 saturated carbocycles. The summed E-state index contributed by atoms with van der Waals surface area (Å²) in [6.07, 6.45) is -3.52. The number of aromatic nitrogens is 1. The number of carbonyl (C=O) groups is 2. The van der Waals surface area contributed by atoms with Gasteiger partial charge in [-0.3, -0.25) is 9.59 Å². The molecule has 10 heteroatoms. The van der Waals surface area contributed by atoms with Crippen LogP contribution in [0.5, 0.6) is 17.4 Å². The van der Waals surface area contributed by atoms with E-state index in [1.54, 1.807) is 0 Å². The van der Waals surface area contributed by atoms with E-state index in [1.165, 1.54) is 38.4 Å². The third-order valence-corrected chi connectivity index (χ3v) is 4.61. The first-order chi connectivity index (χ1) is 15.5. The van der Waals surface area contributed by atoms with Gasteiger partial charge in [0.2, 0.25) is 5.88 Å². The number of rotatable bonds is 6. The number of aryl methyl sites for hydroxylation is 1. The highest BCUT2D eigenvalue weighted by Gasteiger charge is 2.36. The molecule has 0 spiro atoms. The van der Waals surface area contributed by atoms with Gasteiger partial charge in [0.1, 0.15) is 17.3 Å². The Morgan fingerprint density at radius 1 is 1.00 bits per heavy atom. The van der Waals surface area contributed by atoms with Gasteiger partial charge < -0.3 is 14.8 Å². The second-order valence-corrected chi connectivity index (χ2v) is 7.00. The highest BCUT2D eigenvalue weighted by atomic mass is 19.4. The van der Waals surface area contributed by atoms with Crippen molar-refractivity contribution in [3.63, 3.8) is 0 Å². The van der Waals surface area contributed by atoms with Crippen LogP contribution in [0.3, 0.4) is 0 Å². The average molecular weight is 462 g/mol. The van der Waals surface area contributed by atoms with Crippen LogP contribution in [0.2, 0.25) is 0 Å². The summed E-state index contributed by atoms with van der Waals surface area (Å²) in [5.74, 6) is -2.50. The third kappa shape index (κ3) is 5.46. The molecule has 0 bridgehead atoms.